The zero-order chi connectivity index (χ0) is 16.9. The van der Waals surface area contributed by atoms with E-state index in [4.69, 9.17) is 11.2 Å². The van der Waals surface area contributed by atoms with Crippen molar-refractivity contribution in [3.63, 3.8) is 0 Å². The predicted octanol–water partition coefficient (Wildman–Crippen LogP) is 1.09. The first kappa shape index (κ1) is 17.7. The Morgan fingerprint density at radius 3 is 3.00 bits per heavy atom. The van der Waals surface area contributed by atoms with Crippen molar-refractivity contribution < 1.29 is 13.2 Å². The summed E-state index contributed by atoms with van der Waals surface area (Å²) in [5.74, 6) is 2.61. The molecule has 1 saturated heterocycles. The van der Waals surface area contributed by atoms with Gasteiger partial charge in [0, 0.05) is 26.0 Å². The van der Waals surface area contributed by atoms with Crippen molar-refractivity contribution in [3.8, 4) is 12.3 Å². The highest BCUT2D eigenvalue weighted by Crippen LogP contribution is 2.19. The summed E-state index contributed by atoms with van der Waals surface area (Å²) in [6.45, 7) is 6.56. The van der Waals surface area contributed by atoms with Crippen molar-refractivity contribution in [1.29, 1.82) is 0 Å². The first-order valence-electron chi connectivity index (χ1n) is 7.58. The zero-order valence-corrected chi connectivity index (χ0v) is 14.3. The second-order valence-corrected chi connectivity index (χ2v) is 7.62. The Labute approximate surface area is 138 Å². The van der Waals surface area contributed by atoms with Gasteiger partial charge in [0.1, 0.15) is 0 Å². The quantitative estimate of drug-likeness (QED) is 0.525. The lowest BCUT2D eigenvalue weighted by atomic mass is 10.2. The Morgan fingerprint density at radius 1 is 1.65 bits per heavy atom. The monoisotopic (exact) mass is 337 g/mol. The average molecular weight is 337 g/mol. The van der Waals surface area contributed by atoms with Crippen LogP contribution in [0, 0.1) is 12.3 Å². The van der Waals surface area contributed by atoms with Crippen LogP contribution in [0.2, 0.25) is 0 Å². The van der Waals surface area contributed by atoms with Gasteiger partial charge in [0.15, 0.2) is 0 Å². The summed E-state index contributed by atoms with van der Waals surface area (Å²) in [5, 5.41) is 0.0854. The molecular formula is C16H23N3O3S. The van der Waals surface area contributed by atoms with E-state index in [1.54, 1.807) is 16.8 Å². The van der Waals surface area contributed by atoms with Gasteiger partial charge in [-0.2, -0.15) is 0 Å². The highest BCUT2D eigenvalue weighted by atomic mass is 32.2. The fraction of sp³-hybridized carbons (Fsp3) is 0.562. The molecule has 1 unspecified atom stereocenters. The number of nitrogens with zero attached hydrogens (tertiary/aromatic N) is 3. The molecule has 1 aliphatic heterocycles. The minimum absolute atomic E-state index is 0.0314. The molecule has 1 aliphatic rings. The van der Waals surface area contributed by atoms with Crippen LogP contribution >= 0.6 is 0 Å². The molecule has 0 saturated carbocycles. The third kappa shape index (κ3) is 4.67. The highest BCUT2D eigenvalue weighted by molar-refractivity contribution is 7.90. The fourth-order valence-electron chi connectivity index (χ4n) is 2.73. The molecule has 1 aromatic rings. The lowest BCUT2D eigenvalue weighted by molar-refractivity contribution is 0.0934. The van der Waals surface area contributed by atoms with Gasteiger partial charge in [-0.25, -0.2) is 13.4 Å². The molecule has 0 amide bonds. The summed E-state index contributed by atoms with van der Waals surface area (Å²) >= 11 is 0. The number of sulfone groups is 1. The molecule has 1 aromatic heterocycles. The molecule has 2 heterocycles. The standard InChI is InChI=1S/C16H23N3O3S/c1-4-8-18(9-5-2)12-14-11-17-16(23(3,20)21)19(14)13-15-7-6-10-22-15/h1,5,11,15H,2,6-10,12-13H2,3H3. The molecule has 0 aliphatic carbocycles. The molecule has 7 heteroatoms. The van der Waals surface area contributed by atoms with Crippen molar-refractivity contribution in [2.75, 3.05) is 26.0 Å². The predicted molar refractivity (Wildman–Crippen MR) is 88.6 cm³/mol. The lowest BCUT2D eigenvalue weighted by Gasteiger charge is -2.20. The topological polar surface area (TPSA) is 64.4 Å². The van der Waals surface area contributed by atoms with Crippen LogP contribution < -0.4 is 0 Å². The number of ether oxygens (including phenoxy) is 1. The van der Waals surface area contributed by atoms with E-state index in [-0.39, 0.29) is 11.3 Å². The maximum atomic E-state index is 12.0. The Hall–Kier alpha value is -1.62. The summed E-state index contributed by atoms with van der Waals surface area (Å²) in [4.78, 5) is 6.12. The van der Waals surface area contributed by atoms with Crippen LogP contribution in [0.5, 0.6) is 0 Å². The van der Waals surface area contributed by atoms with E-state index in [0.29, 0.717) is 26.2 Å². The van der Waals surface area contributed by atoms with Gasteiger partial charge in [-0.15, -0.1) is 13.0 Å². The summed E-state index contributed by atoms with van der Waals surface area (Å²) in [7, 11) is -3.40. The van der Waals surface area contributed by atoms with Crippen LogP contribution in [0.1, 0.15) is 18.5 Å². The second-order valence-electron chi connectivity index (χ2n) is 5.71. The number of terminal acetylenes is 1. The van der Waals surface area contributed by atoms with Gasteiger partial charge in [-0.05, 0) is 12.8 Å². The second kappa shape index (κ2) is 7.77. The first-order chi connectivity index (χ1) is 11.0. The SMILES string of the molecule is C#CCN(CC=C)Cc1cnc(S(C)(=O)=O)n1CC1CCCO1. The van der Waals surface area contributed by atoms with Gasteiger partial charge in [0.25, 0.3) is 0 Å². The van der Waals surface area contributed by atoms with Gasteiger partial charge >= 0.3 is 0 Å². The zero-order valence-electron chi connectivity index (χ0n) is 13.4. The molecule has 1 atom stereocenters. The van der Waals surface area contributed by atoms with E-state index in [2.05, 4.69) is 17.5 Å². The van der Waals surface area contributed by atoms with Crippen LogP contribution in [-0.4, -0.2) is 54.9 Å². The van der Waals surface area contributed by atoms with Gasteiger partial charge in [0.2, 0.25) is 15.0 Å². The van der Waals surface area contributed by atoms with Crippen LogP contribution in [0.3, 0.4) is 0 Å². The summed E-state index contributed by atoms with van der Waals surface area (Å²) in [6.07, 6.45) is 11.9. The third-order valence-corrected chi connectivity index (χ3v) is 4.72. The average Bonchev–Trinajstić information content (AvgIpc) is 3.10. The molecule has 2 rings (SSSR count). The van der Waals surface area contributed by atoms with Crippen molar-refractivity contribution in [3.05, 3.63) is 24.5 Å². The smallest absolute Gasteiger partial charge is 0.227 e. The summed E-state index contributed by atoms with van der Waals surface area (Å²) in [6, 6.07) is 0. The molecule has 1 fully saturated rings. The van der Waals surface area contributed by atoms with E-state index in [1.165, 1.54) is 6.26 Å². The van der Waals surface area contributed by atoms with Gasteiger partial charge in [-0.3, -0.25) is 4.90 Å². The normalized spacial score (nSPS) is 18.2. The summed E-state index contributed by atoms with van der Waals surface area (Å²) in [5.41, 5.74) is 0.818. The fourth-order valence-corrected chi connectivity index (χ4v) is 3.56. The number of hydrogen-bond acceptors (Lipinski definition) is 5. The number of imidazole rings is 1. The van der Waals surface area contributed by atoms with Crippen molar-refractivity contribution in [2.45, 2.75) is 37.2 Å². The largest absolute Gasteiger partial charge is 0.376 e. The summed E-state index contributed by atoms with van der Waals surface area (Å²) < 4.78 is 31.4. The lowest BCUT2D eigenvalue weighted by Crippen LogP contribution is -2.27. The maximum Gasteiger partial charge on any atom is 0.227 e. The molecule has 126 valence electrons. The molecule has 0 bridgehead atoms. The van der Waals surface area contributed by atoms with Crippen molar-refractivity contribution >= 4 is 9.84 Å². The van der Waals surface area contributed by atoms with Crippen LogP contribution in [0.25, 0.3) is 0 Å². The van der Waals surface area contributed by atoms with Crippen LogP contribution in [0.15, 0.2) is 24.0 Å². The Kier molecular flexibility index (Phi) is 5.99. The molecule has 0 aromatic carbocycles. The molecule has 23 heavy (non-hydrogen) atoms. The van der Waals surface area contributed by atoms with E-state index in [0.717, 1.165) is 25.1 Å². The highest BCUT2D eigenvalue weighted by Gasteiger charge is 2.24. The number of aromatic nitrogens is 2. The van der Waals surface area contributed by atoms with Crippen molar-refractivity contribution in [1.82, 2.24) is 14.5 Å². The Bertz CT molecular complexity index is 682. The van der Waals surface area contributed by atoms with Crippen molar-refractivity contribution in [2.24, 2.45) is 0 Å². The third-order valence-electron chi connectivity index (χ3n) is 3.73. The van der Waals surface area contributed by atoms with E-state index in [9.17, 15) is 8.42 Å². The van der Waals surface area contributed by atoms with E-state index in [1.807, 2.05) is 4.90 Å². The van der Waals surface area contributed by atoms with Gasteiger partial charge in [-0.1, -0.05) is 12.0 Å². The number of hydrogen-bond donors (Lipinski definition) is 0. The molecular weight excluding hydrogens is 314 g/mol. The van der Waals surface area contributed by atoms with Gasteiger partial charge in [0.05, 0.1) is 31.1 Å². The maximum absolute atomic E-state index is 12.0. The molecule has 0 N–H and O–H groups in total. The molecule has 0 spiro atoms. The van der Waals surface area contributed by atoms with Crippen LogP contribution in [0.4, 0.5) is 0 Å². The number of rotatable bonds is 8. The molecule has 6 nitrogen and oxygen atoms in total. The molecule has 0 radical (unpaired) electrons. The Balaban J connectivity index is 2.28. The van der Waals surface area contributed by atoms with E-state index < -0.39 is 9.84 Å². The Morgan fingerprint density at radius 2 is 2.43 bits per heavy atom. The van der Waals surface area contributed by atoms with Crippen LogP contribution in [-0.2, 0) is 27.7 Å². The van der Waals surface area contributed by atoms with Gasteiger partial charge < -0.3 is 9.30 Å². The first-order valence-corrected chi connectivity index (χ1v) is 9.47. The van der Waals surface area contributed by atoms with E-state index >= 15 is 0 Å². The minimum atomic E-state index is -3.40. The minimum Gasteiger partial charge on any atom is -0.376 e.